The zero-order valence-electron chi connectivity index (χ0n) is 16.1. The van der Waals surface area contributed by atoms with Crippen LogP contribution in [0.5, 0.6) is 0 Å². The van der Waals surface area contributed by atoms with E-state index in [1.54, 1.807) is 24.6 Å². The van der Waals surface area contributed by atoms with Crippen LogP contribution in [0.2, 0.25) is 0 Å². The second-order valence-electron chi connectivity index (χ2n) is 6.40. The Morgan fingerprint density at radius 1 is 1.16 bits per heavy atom. The third kappa shape index (κ3) is 3.86. The highest BCUT2D eigenvalue weighted by Crippen LogP contribution is 2.33. The summed E-state index contributed by atoms with van der Waals surface area (Å²) in [6.45, 7) is 0. The van der Waals surface area contributed by atoms with Crippen LogP contribution in [0.25, 0.3) is 16.2 Å². The zero-order valence-corrected chi connectivity index (χ0v) is 16.9. The van der Waals surface area contributed by atoms with Crippen molar-refractivity contribution in [2.24, 2.45) is 7.05 Å². The summed E-state index contributed by atoms with van der Waals surface area (Å²) in [5, 5.41) is 14.3. The molecule has 13 heteroatoms. The third-order valence-electron chi connectivity index (χ3n) is 4.24. The van der Waals surface area contributed by atoms with E-state index in [1.807, 2.05) is 0 Å². The maximum Gasteiger partial charge on any atom is 0.433 e. The zero-order chi connectivity index (χ0) is 22.3. The highest BCUT2D eigenvalue weighted by Gasteiger charge is 2.36. The average molecular weight is 449 g/mol. The molecule has 0 aliphatic heterocycles. The van der Waals surface area contributed by atoms with Crippen LogP contribution in [0.4, 0.5) is 18.9 Å². The van der Waals surface area contributed by atoms with Crippen LogP contribution in [0.1, 0.15) is 26.7 Å². The predicted octanol–water partition coefficient (Wildman–Crippen LogP) is 2.82. The summed E-state index contributed by atoms with van der Waals surface area (Å²) >= 11 is 1.24. The Kier molecular flexibility index (Phi) is 4.97. The molecule has 4 rings (SSSR count). The SMILES string of the molecule is CNC(=O)c1nn(C)cc1NC(=O)c1cc2nc(-c3cccs3)cc(C(F)(F)F)n2n1. The number of aryl methyl sites for hydroxylation is 1. The lowest BCUT2D eigenvalue weighted by atomic mass is 10.2. The highest BCUT2D eigenvalue weighted by atomic mass is 32.1. The van der Waals surface area contributed by atoms with Gasteiger partial charge >= 0.3 is 6.18 Å². The summed E-state index contributed by atoms with van der Waals surface area (Å²) in [6, 6.07) is 5.39. The van der Waals surface area contributed by atoms with E-state index in [4.69, 9.17) is 0 Å². The fourth-order valence-corrected chi connectivity index (χ4v) is 3.58. The molecule has 0 atom stereocenters. The lowest BCUT2D eigenvalue weighted by molar-refractivity contribution is -0.142. The normalized spacial score (nSPS) is 11.6. The van der Waals surface area contributed by atoms with Crippen LogP contribution < -0.4 is 10.6 Å². The Bertz CT molecular complexity index is 1290. The average Bonchev–Trinajstić information content (AvgIpc) is 3.45. The van der Waals surface area contributed by atoms with Crippen molar-refractivity contribution in [3.8, 4) is 10.6 Å². The van der Waals surface area contributed by atoms with E-state index in [0.29, 0.717) is 9.39 Å². The van der Waals surface area contributed by atoms with Gasteiger partial charge in [0.1, 0.15) is 0 Å². The number of hydrogen-bond acceptors (Lipinski definition) is 6. The number of thiophene rings is 1. The molecule has 0 saturated heterocycles. The van der Waals surface area contributed by atoms with E-state index in [1.165, 1.54) is 29.3 Å². The Labute approximate surface area is 176 Å². The van der Waals surface area contributed by atoms with Gasteiger partial charge in [0.25, 0.3) is 11.8 Å². The molecule has 0 bridgehead atoms. The largest absolute Gasteiger partial charge is 0.433 e. The van der Waals surface area contributed by atoms with Crippen LogP contribution in [0.15, 0.2) is 35.8 Å². The second kappa shape index (κ2) is 7.50. The molecule has 0 spiro atoms. The molecule has 2 amide bonds. The van der Waals surface area contributed by atoms with Crippen LogP contribution >= 0.6 is 11.3 Å². The minimum atomic E-state index is -4.72. The summed E-state index contributed by atoms with van der Waals surface area (Å²) in [6.07, 6.45) is -3.32. The molecule has 31 heavy (non-hydrogen) atoms. The summed E-state index contributed by atoms with van der Waals surface area (Å²) in [7, 11) is 2.96. The van der Waals surface area contributed by atoms with E-state index in [2.05, 4.69) is 25.8 Å². The molecule has 0 saturated carbocycles. The van der Waals surface area contributed by atoms with Crippen LogP contribution in [0, 0.1) is 0 Å². The fourth-order valence-electron chi connectivity index (χ4n) is 2.89. The summed E-state index contributed by atoms with van der Waals surface area (Å²) < 4.78 is 42.8. The second-order valence-corrected chi connectivity index (χ2v) is 7.35. The maximum absolute atomic E-state index is 13.6. The number of nitrogens with one attached hydrogen (secondary N) is 2. The number of carbonyl (C=O) groups is 2. The van der Waals surface area contributed by atoms with Crippen molar-refractivity contribution in [2.75, 3.05) is 12.4 Å². The van der Waals surface area contributed by atoms with E-state index in [0.717, 1.165) is 12.1 Å². The van der Waals surface area contributed by atoms with Crippen molar-refractivity contribution in [1.82, 2.24) is 29.7 Å². The number of amides is 2. The van der Waals surface area contributed by atoms with Gasteiger partial charge in [-0.25, -0.2) is 9.50 Å². The number of fused-ring (bicyclic) bond motifs is 1. The lowest BCUT2D eigenvalue weighted by Crippen LogP contribution is -2.21. The number of rotatable bonds is 4. The Balaban J connectivity index is 1.76. The molecule has 0 fully saturated rings. The molecule has 0 unspecified atom stereocenters. The monoisotopic (exact) mass is 449 g/mol. The first kappa shape index (κ1) is 20.5. The Morgan fingerprint density at radius 3 is 2.58 bits per heavy atom. The first-order valence-corrected chi connectivity index (χ1v) is 9.64. The van der Waals surface area contributed by atoms with E-state index >= 15 is 0 Å². The third-order valence-corrected chi connectivity index (χ3v) is 5.14. The predicted molar refractivity (Wildman–Crippen MR) is 106 cm³/mol. The molecule has 0 aliphatic carbocycles. The smallest absolute Gasteiger partial charge is 0.354 e. The topological polar surface area (TPSA) is 106 Å². The van der Waals surface area contributed by atoms with Gasteiger partial charge in [-0.3, -0.25) is 14.3 Å². The molecule has 4 aromatic heterocycles. The van der Waals surface area contributed by atoms with Crippen LogP contribution in [0.3, 0.4) is 0 Å². The van der Waals surface area contributed by atoms with Gasteiger partial charge in [-0.2, -0.15) is 23.4 Å². The van der Waals surface area contributed by atoms with Gasteiger partial charge in [-0.05, 0) is 17.5 Å². The van der Waals surface area contributed by atoms with Crippen molar-refractivity contribution < 1.29 is 22.8 Å². The van der Waals surface area contributed by atoms with Gasteiger partial charge in [-0.1, -0.05) is 6.07 Å². The Hall–Kier alpha value is -3.74. The van der Waals surface area contributed by atoms with Crippen molar-refractivity contribution in [2.45, 2.75) is 6.18 Å². The standard InChI is InChI=1S/C18H14F3N7O2S/c1-22-17(30)15-11(8-27(2)26-15)24-16(29)10-7-14-23-9(12-4-3-5-31-12)6-13(18(19,20)21)28(14)25-10/h3-8H,1-2H3,(H,22,30)(H,24,29). The molecule has 9 nitrogen and oxygen atoms in total. The number of carbonyl (C=O) groups excluding carboxylic acids is 2. The summed E-state index contributed by atoms with van der Waals surface area (Å²) in [4.78, 5) is 29.3. The van der Waals surface area contributed by atoms with Crippen LogP contribution in [-0.2, 0) is 13.2 Å². The molecule has 2 N–H and O–H groups in total. The highest BCUT2D eigenvalue weighted by molar-refractivity contribution is 7.13. The van der Waals surface area contributed by atoms with Crippen molar-refractivity contribution >= 4 is 34.5 Å². The number of anilines is 1. The molecular weight excluding hydrogens is 435 g/mol. The van der Waals surface area contributed by atoms with E-state index in [-0.39, 0.29) is 28.4 Å². The molecule has 0 aliphatic rings. The maximum atomic E-state index is 13.6. The first-order chi connectivity index (χ1) is 14.7. The van der Waals surface area contributed by atoms with Gasteiger partial charge in [0, 0.05) is 26.4 Å². The molecule has 160 valence electrons. The number of aromatic nitrogens is 5. The Morgan fingerprint density at radius 2 is 1.94 bits per heavy atom. The molecule has 4 heterocycles. The number of halogens is 3. The van der Waals surface area contributed by atoms with Crippen molar-refractivity contribution in [1.29, 1.82) is 0 Å². The summed E-state index contributed by atoms with van der Waals surface area (Å²) in [5.41, 5.74) is -1.33. The van der Waals surface area contributed by atoms with Crippen molar-refractivity contribution in [3.63, 3.8) is 0 Å². The summed E-state index contributed by atoms with van der Waals surface area (Å²) in [5.74, 6) is -1.35. The fraction of sp³-hybridized carbons (Fsp3) is 0.167. The molecular formula is C18H14F3N7O2S. The number of alkyl halides is 3. The minimum Gasteiger partial charge on any atom is -0.354 e. The molecule has 4 aromatic rings. The number of nitrogens with zero attached hydrogens (tertiary/aromatic N) is 5. The lowest BCUT2D eigenvalue weighted by Gasteiger charge is -2.10. The van der Waals surface area contributed by atoms with Gasteiger partial charge in [0.2, 0.25) is 0 Å². The van der Waals surface area contributed by atoms with E-state index < -0.39 is 23.7 Å². The first-order valence-electron chi connectivity index (χ1n) is 8.76. The molecule has 0 aromatic carbocycles. The van der Waals surface area contributed by atoms with Gasteiger partial charge in [0.15, 0.2) is 22.7 Å². The quantitative estimate of drug-likeness (QED) is 0.498. The van der Waals surface area contributed by atoms with Gasteiger partial charge in [-0.15, -0.1) is 11.3 Å². The molecule has 0 radical (unpaired) electrons. The van der Waals surface area contributed by atoms with Crippen molar-refractivity contribution in [3.05, 3.63) is 52.9 Å². The number of hydrogen-bond donors (Lipinski definition) is 2. The van der Waals surface area contributed by atoms with Gasteiger partial charge < -0.3 is 10.6 Å². The van der Waals surface area contributed by atoms with Gasteiger partial charge in [0.05, 0.1) is 16.3 Å². The van der Waals surface area contributed by atoms with E-state index in [9.17, 15) is 22.8 Å². The van der Waals surface area contributed by atoms with Crippen LogP contribution in [-0.4, -0.2) is 43.2 Å². The minimum absolute atomic E-state index is 0.0452.